The fraction of sp³-hybridized carbons (Fsp3) is 0.368. The average Bonchev–Trinajstić information content (AvgIpc) is 3.37. The molecule has 0 radical (unpaired) electrons. The molecule has 128 valence electrons. The van der Waals surface area contributed by atoms with Crippen molar-refractivity contribution in [3.05, 3.63) is 52.5 Å². The molecule has 1 aliphatic carbocycles. The first kappa shape index (κ1) is 17.2. The number of halogens is 4. The Morgan fingerprint density at radius 2 is 1.88 bits per heavy atom. The lowest BCUT2D eigenvalue weighted by Crippen LogP contribution is -2.07. The average molecular weight is 355 g/mol. The highest BCUT2D eigenvalue weighted by molar-refractivity contribution is 6.33. The fourth-order valence-electron chi connectivity index (χ4n) is 2.65. The third-order valence-corrected chi connectivity index (χ3v) is 4.64. The van der Waals surface area contributed by atoms with Crippen LogP contribution in [0.4, 0.5) is 13.2 Å². The SMILES string of the molecule is CCc1cc(-c2ccccc2C(F)(F)F)cc(OCC2CC2)c1Cl. The Morgan fingerprint density at radius 3 is 2.50 bits per heavy atom. The fourth-order valence-corrected chi connectivity index (χ4v) is 2.94. The smallest absolute Gasteiger partial charge is 0.417 e. The lowest BCUT2D eigenvalue weighted by molar-refractivity contribution is -0.137. The zero-order valence-electron chi connectivity index (χ0n) is 13.3. The molecule has 3 rings (SSSR count). The molecule has 5 heteroatoms. The van der Waals surface area contributed by atoms with Crippen molar-refractivity contribution in [2.75, 3.05) is 6.61 Å². The Morgan fingerprint density at radius 1 is 1.17 bits per heavy atom. The third-order valence-electron chi connectivity index (χ3n) is 4.21. The molecule has 0 amide bonds. The van der Waals surface area contributed by atoms with E-state index in [1.165, 1.54) is 12.1 Å². The summed E-state index contributed by atoms with van der Waals surface area (Å²) in [5, 5.41) is 0.492. The summed E-state index contributed by atoms with van der Waals surface area (Å²) in [7, 11) is 0. The van der Waals surface area contributed by atoms with Gasteiger partial charge in [0.15, 0.2) is 0 Å². The summed E-state index contributed by atoms with van der Waals surface area (Å²) in [6.07, 6.45) is -1.51. The van der Waals surface area contributed by atoms with Crippen molar-refractivity contribution >= 4 is 11.6 Å². The molecule has 0 bridgehead atoms. The highest BCUT2D eigenvalue weighted by Gasteiger charge is 2.33. The van der Waals surface area contributed by atoms with Crippen LogP contribution in [0.25, 0.3) is 11.1 Å². The summed E-state index contributed by atoms with van der Waals surface area (Å²) in [4.78, 5) is 0. The van der Waals surface area contributed by atoms with Gasteiger partial charge in [0, 0.05) is 0 Å². The van der Waals surface area contributed by atoms with E-state index in [0.717, 1.165) is 24.5 Å². The summed E-state index contributed by atoms with van der Waals surface area (Å²) in [6.45, 7) is 2.48. The number of rotatable bonds is 5. The van der Waals surface area contributed by atoms with Gasteiger partial charge in [0.05, 0.1) is 17.2 Å². The third kappa shape index (κ3) is 3.69. The van der Waals surface area contributed by atoms with Crippen molar-refractivity contribution in [1.82, 2.24) is 0 Å². The summed E-state index contributed by atoms with van der Waals surface area (Å²) in [6, 6.07) is 8.92. The van der Waals surface area contributed by atoms with Crippen LogP contribution in [0, 0.1) is 5.92 Å². The van der Waals surface area contributed by atoms with Gasteiger partial charge in [-0.2, -0.15) is 13.2 Å². The number of alkyl halides is 3. The van der Waals surface area contributed by atoms with Crippen LogP contribution in [-0.4, -0.2) is 6.61 Å². The van der Waals surface area contributed by atoms with Crippen molar-refractivity contribution in [3.63, 3.8) is 0 Å². The van der Waals surface area contributed by atoms with Crippen LogP contribution in [0.5, 0.6) is 5.75 Å². The van der Waals surface area contributed by atoms with Crippen molar-refractivity contribution in [2.45, 2.75) is 32.4 Å². The number of hydrogen-bond donors (Lipinski definition) is 0. The Hall–Kier alpha value is -1.68. The van der Waals surface area contributed by atoms with Crippen molar-refractivity contribution in [1.29, 1.82) is 0 Å². The van der Waals surface area contributed by atoms with Gasteiger partial charge in [0.1, 0.15) is 5.75 Å². The molecule has 1 aliphatic rings. The predicted molar refractivity (Wildman–Crippen MR) is 89.5 cm³/mol. The minimum Gasteiger partial charge on any atom is -0.492 e. The summed E-state index contributed by atoms with van der Waals surface area (Å²) >= 11 is 6.35. The lowest BCUT2D eigenvalue weighted by atomic mass is 9.96. The van der Waals surface area contributed by atoms with E-state index in [4.69, 9.17) is 16.3 Å². The Kier molecular flexibility index (Phi) is 4.77. The summed E-state index contributed by atoms with van der Waals surface area (Å²) in [5.74, 6) is 1.01. The molecule has 0 unspecified atom stereocenters. The normalized spacial score (nSPS) is 14.7. The maximum Gasteiger partial charge on any atom is 0.417 e. The molecule has 2 aromatic carbocycles. The molecule has 0 spiro atoms. The van der Waals surface area contributed by atoms with Crippen LogP contribution in [0.2, 0.25) is 5.02 Å². The van der Waals surface area contributed by atoms with E-state index >= 15 is 0 Å². The molecular weight excluding hydrogens is 337 g/mol. The molecule has 1 fully saturated rings. The predicted octanol–water partition coefficient (Wildman–Crippen LogP) is 6.38. The van der Waals surface area contributed by atoms with Gasteiger partial charge in [-0.05, 0) is 60.1 Å². The molecule has 2 aromatic rings. The maximum absolute atomic E-state index is 13.3. The second-order valence-corrected chi connectivity index (χ2v) is 6.48. The number of hydrogen-bond acceptors (Lipinski definition) is 1. The van der Waals surface area contributed by atoms with Gasteiger partial charge in [-0.1, -0.05) is 36.7 Å². The molecule has 24 heavy (non-hydrogen) atoms. The molecule has 1 nitrogen and oxygen atoms in total. The summed E-state index contributed by atoms with van der Waals surface area (Å²) < 4.78 is 45.7. The number of aryl methyl sites for hydroxylation is 1. The monoisotopic (exact) mass is 354 g/mol. The van der Waals surface area contributed by atoms with E-state index in [9.17, 15) is 13.2 Å². The number of benzene rings is 2. The number of ether oxygens (including phenoxy) is 1. The van der Waals surface area contributed by atoms with E-state index in [1.54, 1.807) is 18.2 Å². The van der Waals surface area contributed by atoms with E-state index in [-0.39, 0.29) is 5.56 Å². The lowest BCUT2D eigenvalue weighted by Gasteiger charge is -2.16. The van der Waals surface area contributed by atoms with E-state index in [2.05, 4.69) is 0 Å². The largest absolute Gasteiger partial charge is 0.492 e. The molecule has 0 aromatic heterocycles. The quantitative estimate of drug-likeness (QED) is 0.605. The highest BCUT2D eigenvalue weighted by Crippen LogP contribution is 2.41. The Balaban J connectivity index is 2.06. The van der Waals surface area contributed by atoms with Crippen LogP contribution >= 0.6 is 11.6 Å². The zero-order chi connectivity index (χ0) is 17.3. The van der Waals surface area contributed by atoms with E-state index in [1.807, 2.05) is 6.92 Å². The molecule has 1 saturated carbocycles. The first-order valence-electron chi connectivity index (χ1n) is 8.02. The highest BCUT2D eigenvalue weighted by atomic mass is 35.5. The van der Waals surface area contributed by atoms with E-state index in [0.29, 0.717) is 35.3 Å². The Bertz CT molecular complexity index is 736. The first-order valence-corrected chi connectivity index (χ1v) is 8.39. The molecule has 0 heterocycles. The van der Waals surface area contributed by atoms with Crippen molar-refractivity contribution in [3.8, 4) is 16.9 Å². The first-order chi connectivity index (χ1) is 11.4. The van der Waals surface area contributed by atoms with Gasteiger partial charge in [0.2, 0.25) is 0 Å². The molecule has 0 atom stereocenters. The maximum atomic E-state index is 13.3. The molecule has 0 aliphatic heterocycles. The van der Waals surface area contributed by atoms with Crippen molar-refractivity contribution < 1.29 is 17.9 Å². The molecule has 0 saturated heterocycles. The van der Waals surface area contributed by atoms with Crippen LogP contribution in [-0.2, 0) is 12.6 Å². The zero-order valence-corrected chi connectivity index (χ0v) is 14.0. The summed E-state index contributed by atoms with van der Waals surface area (Å²) in [5.41, 5.74) is 0.766. The Labute approximate surface area is 144 Å². The van der Waals surface area contributed by atoms with Gasteiger partial charge in [-0.3, -0.25) is 0 Å². The molecular formula is C19H18ClF3O. The van der Waals surface area contributed by atoms with Crippen LogP contribution in [0.1, 0.15) is 30.9 Å². The van der Waals surface area contributed by atoms with Gasteiger partial charge >= 0.3 is 6.18 Å². The van der Waals surface area contributed by atoms with Gasteiger partial charge in [-0.25, -0.2) is 0 Å². The minimum absolute atomic E-state index is 0.146. The standard InChI is InChI=1S/C19H18ClF3O/c1-2-13-9-14(10-17(18(13)20)24-11-12-7-8-12)15-5-3-4-6-16(15)19(21,22)23/h3-6,9-10,12H,2,7-8,11H2,1H3. The van der Waals surface area contributed by atoms with Crippen LogP contribution in [0.3, 0.4) is 0 Å². The molecule has 0 N–H and O–H groups in total. The second-order valence-electron chi connectivity index (χ2n) is 6.10. The van der Waals surface area contributed by atoms with Gasteiger partial charge in [0.25, 0.3) is 0 Å². The van der Waals surface area contributed by atoms with Crippen LogP contribution in [0.15, 0.2) is 36.4 Å². The van der Waals surface area contributed by atoms with Gasteiger partial charge in [-0.15, -0.1) is 0 Å². The van der Waals surface area contributed by atoms with E-state index < -0.39 is 11.7 Å². The van der Waals surface area contributed by atoms with Crippen LogP contribution < -0.4 is 4.74 Å². The second kappa shape index (κ2) is 6.67. The van der Waals surface area contributed by atoms with Crippen molar-refractivity contribution in [2.24, 2.45) is 5.92 Å². The topological polar surface area (TPSA) is 9.23 Å². The van der Waals surface area contributed by atoms with Gasteiger partial charge < -0.3 is 4.74 Å². The minimum atomic E-state index is -4.41.